The van der Waals surface area contributed by atoms with Crippen LogP contribution < -0.4 is 4.72 Å². The molecule has 1 aromatic carbocycles. The second kappa shape index (κ2) is 5.23. The van der Waals surface area contributed by atoms with E-state index in [-0.39, 0.29) is 8.68 Å². The number of para-hydroxylation sites is 1. The van der Waals surface area contributed by atoms with Crippen LogP contribution >= 0.6 is 22.9 Å². The molecule has 106 valence electrons. The number of phenols is 1. The number of aromatic hydroxyl groups is 1. The Balaban J connectivity index is 2.47. The van der Waals surface area contributed by atoms with Crippen molar-refractivity contribution in [3.63, 3.8) is 0 Å². The molecule has 2 rings (SSSR count). The third-order valence-electron chi connectivity index (χ3n) is 2.17. The molecule has 11 heteroatoms. The van der Waals surface area contributed by atoms with Gasteiger partial charge in [-0.05, 0) is 6.07 Å². The fourth-order valence-corrected chi connectivity index (χ4v) is 3.72. The van der Waals surface area contributed by atoms with Crippen molar-refractivity contribution in [3.05, 3.63) is 39.0 Å². The Kier molecular flexibility index (Phi) is 3.79. The Hall–Kier alpha value is -1.91. The first-order valence-corrected chi connectivity index (χ1v) is 7.59. The van der Waals surface area contributed by atoms with Crippen molar-refractivity contribution in [2.24, 2.45) is 0 Å². The number of aromatic nitrogens is 1. The molecule has 0 bridgehead atoms. The Bertz CT molecular complexity index is 774. The van der Waals surface area contributed by atoms with Crippen molar-refractivity contribution >= 4 is 44.3 Å². The van der Waals surface area contributed by atoms with Gasteiger partial charge in [-0.3, -0.25) is 14.8 Å². The number of hydrogen-bond acceptors (Lipinski definition) is 7. The van der Waals surface area contributed by atoms with Crippen molar-refractivity contribution in [3.8, 4) is 5.75 Å². The van der Waals surface area contributed by atoms with Gasteiger partial charge in [0.05, 0.1) is 11.1 Å². The topological polar surface area (TPSA) is 122 Å². The second-order valence-corrected chi connectivity index (χ2v) is 6.99. The maximum Gasteiger partial charge on any atom is 0.297 e. The van der Waals surface area contributed by atoms with Gasteiger partial charge >= 0.3 is 0 Å². The van der Waals surface area contributed by atoms with Gasteiger partial charge in [0.2, 0.25) is 0 Å². The lowest BCUT2D eigenvalue weighted by Gasteiger charge is -2.08. The lowest BCUT2D eigenvalue weighted by Crippen LogP contribution is -2.13. The molecular formula is C9H6ClN3O5S2. The van der Waals surface area contributed by atoms with Crippen LogP contribution in [-0.4, -0.2) is 23.4 Å². The summed E-state index contributed by atoms with van der Waals surface area (Å²) in [6, 6.07) is 3.43. The highest BCUT2D eigenvalue weighted by molar-refractivity contribution is 7.94. The summed E-state index contributed by atoms with van der Waals surface area (Å²) in [6.45, 7) is 0. The van der Waals surface area contributed by atoms with Gasteiger partial charge in [0.15, 0.2) is 14.4 Å². The molecule has 2 N–H and O–H groups in total. The van der Waals surface area contributed by atoms with Gasteiger partial charge < -0.3 is 5.11 Å². The smallest absolute Gasteiger partial charge is 0.297 e. The number of benzene rings is 1. The highest BCUT2D eigenvalue weighted by Crippen LogP contribution is 2.35. The molecule has 0 saturated heterocycles. The molecule has 0 atom stereocenters. The lowest BCUT2D eigenvalue weighted by molar-refractivity contribution is -0.383. The van der Waals surface area contributed by atoms with Crippen LogP contribution in [0.25, 0.3) is 0 Å². The minimum atomic E-state index is -4.11. The Morgan fingerprint density at radius 1 is 1.45 bits per heavy atom. The first kappa shape index (κ1) is 14.5. The van der Waals surface area contributed by atoms with E-state index in [4.69, 9.17) is 11.6 Å². The van der Waals surface area contributed by atoms with E-state index in [1.165, 1.54) is 6.07 Å². The molecule has 0 spiro atoms. The van der Waals surface area contributed by atoms with Gasteiger partial charge in [-0.25, -0.2) is 13.4 Å². The molecule has 0 amide bonds. The zero-order valence-corrected chi connectivity index (χ0v) is 11.9. The van der Waals surface area contributed by atoms with Crippen LogP contribution in [0, 0.1) is 10.1 Å². The summed E-state index contributed by atoms with van der Waals surface area (Å²) in [5, 5.41) is 20.4. The normalized spacial score (nSPS) is 11.2. The maximum absolute atomic E-state index is 12.0. The molecule has 2 aromatic rings. The van der Waals surface area contributed by atoms with Crippen molar-refractivity contribution in [2.75, 3.05) is 4.72 Å². The van der Waals surface area contributed by atoms with E-state index in [1.807, 2.05) is 4.72 Å². The summed E-state index contributed by atoms with van der Waals surface area (Å²) in [5.74, 6) is -0.557. The fourth-order valence-electron chi connectivity index (χ4n) is 1.33. The summed E-state index contributed by atoms with van der Waals surface area (Å²) < 4.78 is 25.8. The van der Waals surface area contributed by atoms with E-state index in [1.54, 1.807) is 0 Å². The number of nitro benzene ring substituents is 1. The average molecular weight is 336 g/mol. The average Bonchev–Trinajstić information content (AvgIpc) is 2.79. The summed E-state index contributed by atoms with van der Waals surface area (Å²) >= 11 is 6.23. The summed E-state index contributed by atoms with van der Waals surface area (Å²) in [5.41, 5.74) is -1.08. The summed E-state index contributed by atoms with van der Waals surface area (Å²) in [6.07, 6.45) is 1.02. The zero-order valence-electron chi connectivity index (χ0n) is 9.48. The molecule has 0 aliphatic rings. The number of halogens is 1. The van der Waals surface area contributed by atoms with Crippen LogP contribution in [0.5, 0.6) is 5.75 Å². The van der Waals surface area contributed by atoms with Gasteiger partial charge in [-0.15, -0.1) is 0 Å². The van der Waals surface area contributed by atoms with Crippen LogP contribution in [0.15, 0.2) is 28.6 Å². The molecule has 0 unspecified atom stereocenters. The molecule has 0 fully saturated rings. The maximum atomic E-state index is 12.0. The van der Waals surface area contributed by atoms with Gasteiger partial charge in [0.25, 0.3) is 15.7 Å². The predicted molar refractivity (Wildman–Crippen MR) is 72.7 cm³/mol. The summed E-state index contributed by atoms with van der Waals surface area (Å²) in [7, 11) is -4.11. The van der Waals surface area contributed by atoms with E-state index in [9.17, 15) is 23.6 Å². The number of hydrogen-bond donors (Lipinski definition) is 2. The molecule has 1 aromatic heterocycles. The third-order valence-corrected chi connectivity index (χ3v) is 5.10. The van der Waals surface area contributed by atoms with Gasteiger partial charge in [-0.1, -0.05) is 29.0 Å². The molecule has 0 saturated carbocycles. The first-order valence-electron chi connectivity index (χ1n) is 4.92. The number of rotatable bonds is 4. The molecule has 0 aliphatic heterocycles. The van der Waals surface area contributed by atoms with Gasteiger partial charge in [0, 0.05) is 6.07 Å². The molecule has 20 heavy (non-hydrogen) atoms. The van der Waals surface area contributed by atoms with Crippen LogP contribution in [0.3, 0.4) is 0 Å². The zero-order chi connectivity index (χ0) is 14.9. The second-order valence-electron chi connectivity index (χ2n) is 3.47. The van der Waals surface area contributed by atoms with Crippen LogP contribution in [0.1, 0.15) is 0 Å². The molecule has 8 nitrogen and oxygen atoms in total. The predicted octanol–water partition coefficient (Wildman–Crippen LogP) is 2.21. The largest absolute Gasteiger partial charge is 0.505 e. The molecule has 0 aliphatic carbocycles. The fraction of sp³-hybridized carbons (Fsp3) is 0. The summed E-state index contributed by atoms with van der Waals surface area (Å²) in [4.78, 5) is 13.6. The van der Waals surface area contributed by atoms with Crippen LogP contribution in [0.2, 0.25) is 4.47 Å². The Morgan fingerprint density at radius 2 is 2.15 bits per heavy atom. The number of nitrogens with one attached hydrogen (secondary N) is 1. The lowest BCUT2D eigenvalue weighted by atomic mass is 10.2. The molecular weight excluding hydrogens is 330 g/mol. The number of sulfonamides is 1. The van der Waals surface area contributed by atoms with Crippen molar-refractivity contribution in [1.82, 2.24) is 4.98 Å². The first-order chi connectivity index (χ1) is 9.31. The highest BCUT2D eigenvalue weighted by atomic mass is 35.5. The highest BCUT2D eigenvalue weighted by Gasteiger charge is 2.25. The molecule has 1 heterocycles. The van der Waals surface area contributed by atoms with Crippen molar-refractivity contribution < 1.29 is 18.4 Å². The number of nitro groups is 1. The monoisotopic (exact) mass is 335 g/mol. The number of nitrogens with zero attached hydrogens (tertiary/aromatic N) is 2. The van der Waals surface area contributed by atoms with E-state index in [0.717, 1.165) is 18.3 Å². The molecule has 0 radical (unpaired) electrons. The van der Waals surface area contributed by atoms with Crippen LogP contribution in [-0.2, 0) is 10.0 Å². The van der Waals surface area contributed by atoms with Crippen molar-refractivity contribution in [2.45, 2.75) is 4.21 Å². The van der Waals surface area contributed by atoms with E-state index in [0.29, 0.717) is 11.3 Å². The van der Waals surface area contributed by atoms with E-state index >= 15 is 0 Å². The standard InChI is InChI=1S/C9H6ClN3O5S2/c10-9-11-4-7(19-9)20(17,18)12-8-5(13(15)16)2-1-3-6(8)14/h1-4,12,14H. The van der Waals surface area contributed by atoms with Gasteiger partial charge in [0.1, 0.15) is 5.75 Å². The Labute approximate surface area is 121 Å². The number of phenolic OH excluding ortho intramolecular Hbond substituents is 1. The Morgan fingerprint density at radius 3 is 2.70 bits per heavy atom. The quantitative estimate of drug-likeness (QED) is 0.501. The minimum Gasteiger partial charge on any atom is -0.505 e. The van der Waals surface area contributed by atoms with Crippen LogP contribution in [0.4, 0.5) is 11.4 Å². The van der Waals surface area contributed by atoms with Gasteiger partial charge in [-0.2, -0.15) is 0 Å². The van der Waals surface area contributed by atoms with Crippen molar-refractivity contribution in [1.29, 1.82) is 0 Å². The van der Waals surface area contributed by atoms with E-state index in [2.05, 4.69) is 4.98 Å². The van der Waals surface area contributed by atoms with E-state index < -0.39 is 32.1 Å². The number of anilines is 1. The SMILES string of the molecule is O=[N+]([O-])c1cccc(O)c1NS(=O)(=O)c1cnc(Cl)s1. The minimum absolute atomic E-state index is 0.0113. The third kappa shape index (κ3) is 2.81. The number of thiazole rings is 1.